The Morgan fingerprint density at radius 2 is 2.03 bits per heavy atom. The Labute approximate surface area is 205 Å². The Kier molecular flexibility index (Phi) is 9.56. The fourth-order valence-corrected chi connectivity index (χ4v) is 3.88. The molecule has 1 aromatic heterocycles. The van der Waals surface area contributed by atoms with Crippen LogP contribution in [-0.4, -0.2) is 78.9 Å². The first-order valence-electron chi connectivity index (χ1n) is 12.0. The normalized spacial score (nSPS) is 21.7. The first kappa shape index (κ1) is 25.2. The summed E-state index contributed by atoms with van der Waals surface area (Å²) >= 11 is 0. The Morgan fingerprint density at radius 3 is 2.77 bits per heavy atom. The largest absolute Gasteiger partial charge is 0.394 e. The number of morpholine rings is 1. The van der Waals surface area contributed by atoms with E-state index in [-0.39, 0.29) is 18.8 Å². The number of amides is 1. The lowest BCUT2D eigenvalue weighted by atomic mass is 10.1. The molecule has 188 valence electrons. The Hall–Kier alpha value is -2.89. The summed E-state index contributed by atoms with van der Waals surface area (Å²) in [5.41, 5.74) is 3.81. The van der Waals surface area contributed by atoms with Crippen LogP contribution < -0.4 is 15.7 Å². The van der Waals surface area contributed by atoms with E-state index in [1.165, 1.54) is 12.4 Å². The summed E-state index contributed by atoms with van der Waals surface area (Å²) in [7, 11) is 0. The molecule has 3 N–H and O–H groups in total. The molecule has 0 saturated carbocycles. The summed E-state index contributed by atoms with van der Waals surface area (Å²) in [5.74, 6) is 0.127. The number of ether oxygens (including phenoxy) is 2. The van der Waals surface area contributed by atoms with Crippen molar-refractivity contribution >= 4 is 17.9 Å². The number of aliphatic hydroxyl groups is 1. The van der Waals surface area contributed by atoms with Gasteiger partial charge in [-0.05, 0) is 18.4 Å². The average molecular weight is 484 g/mol. The van der Waals surface area contributed by atoms with E-state index in [2.05, 4.69) is 20.8 Å². The van der Waals surface area contributed by atoms with E-state index in [9.17, 15) is 9.90 Å². The summed E-state index contributed by atoms with van der Waals surface area (Å²) in [6.45, 7) is 2.99. The van der Waals surface area contributed by atoms with Crippen molar-refractivity contribution in [3.8, 4) is 0 Å². The van der Waals surface area contributed by atoms with Crippen LogP contribution in [0.5, 0.6) is 0 Å². The number of nitrogens with one attached hydrogen (secondary N) is 2. The van der Waals surface area contributed by atoms with Gasteiger partial charge in [0.1, 0.15) is 0 Å². The van der Waals surface area contributed by atoms with Crippen LogP contribution in [0.3, 0.4) is 0 Å². The van der Waals surface area contributed by atoms with Crippen molar-refractivity contribution in [1.29, 1.82) is 0 Å². The monoisotopic (exact) mass is 483 g/mol. The quantitative estimate of drug-likeness (QED) is 0.433. The number of carbonyl (C=O) groups is 1. The number of aromatic nitrogens is 2. The van der Waals surface area contributed by atoms with Gasteiger partial charge in [0, 0.05) is 51.1 Å². The van der Waals surface area contributed by atoms with Gasteiger partial charge in [-0.2, -0.15) is 0 Å². The summed E-state index contributed by atoms with van der Waals surface area (Å²) in [6.07, 6.45) is 9.19. The topological polar surface area (TPSA) is 118 Å². The second-order valence-corrected chi connectivity index (χ2v) is 8.52. The van der Waals surface area contributed by atoms with E-state index in [0.717, 1.165) is 24.8 Å². The molecule has 2 aliphatic rings. The van der Waals surface area contributed by atoms with Crippen LogP contribution in [0.25, 0.3) is 6.08 Å². The van der Waals surface area contributed by atoms with Crippen molar-refractivity contribution < 1.29 is 24.2 Å². The lowest BCUT2D eigenvalue weighted by molar-refractivity contribution is -0.186. The number of hydrogen-bond donors (Lipinski definition) is 3. The zero-order valence-corrected chi connectivity index (χ0v) is 19.7. The molecule has 4 rings (SSSR count). The molecule has 0 radical (unpaired) electrons. The number of carbonyl (C=O) groups excluding carboxylic acids is 1. The summed E-state index contributed by atoms with van der Waals surface area (Å²) < 4.78 is 11.3. The molecular weight excluding hydrogens is 450 g/mol. The minimum absolute atomic E-state index is 0.0109. The zero-order valence-electron chi connectivity index (χ0n) is 19.7. The van der Waals surface area contributed by atoms with Crippen molar-refractivity contribution in [3.63, 3.8) is 0 Å². The molecule has 2 aromatic rings. The van der Waals surface area contributed by atoms with Crippen molar-refractivity contribution in [2.24, 2.45) is 0 Å². The van der Waals surface area contributed by atoms with Gasteiger partial charge < -0.3 is 24.8 Å². The third-order valence-corrected chi connectivity index (χ3v) is 5.87. The first-order valence-corrected chi connectivity index (χ1v) is 12.0. The van der Waals surface area contributed by atoms with Crippen LogP contribution in [0.2, 0.25) is 0 Å². The highest BCUT2D eigenvalue weighted by Gasteiger charge is 2.23. The van der Waals surface area contributed by atoms with Crippen LogP contribution >= 0.6 is 0 Å². The maximum absolute atomic E-state index is 12.3. The van der Waals surface area contributed by atoms with Crippen molar-refractivity contribution in [2.45, 2.75) is 37.7 Å². The van der Waals surface area contributed by atoms with Gasteiger partial charge in [0.25, 0.3) is 5.91 Å². The van der Waals surface area contributed by atoms with E-state index in [0.29, 0.717) is 44.4 Å². The van der Waals surface area contributed by atoms with Gasteiger partial charge in [-0.1, -0.05) is 42.5 Å². The third-order valence-electron chi connectivity index (χ3n) is 5.87. The first-order chi connectivity index (χ1) is 17.2. The smallest absolute Gasteiger partial charge is 0.278 e. The highest BCUT2D eigenvalue weighted by atomic mass is 16.8. The third kappa shape index (κ3) is 7.81. The van der Waals surface area contributed by atoms with E-state index >= 15 is 0 Å². The van der Waals surface area contributed by atoms with E-state index in [4.69, 9.17) is 14.3 Å². The molecule has 35 heavy (non-hydrogen) atoms. The maximum Gasteiger partial charge on any atom is 0.278 e. The number of rotatable bonds is 10. The molecule has 0 bridgehead atoms. The molecule has 3 unspecified atom stereocenters. The predicted octanol–water partition coefficient (Wildman–Crippen LogP) is 1.53. The molecule has 3 atom stereocenters. The summed E-state index contributed by atoms with van der Waals surface area (Å²) in [4.78, 5) is 28.4. The highest BCUT2D eigenvalue weighted by Crippen LogP contribution is 2.14. The van der Waals surface area contributed by atoms with Crippen LogP contribution in [0, 0.1) is 0 Å². The second kappa shape index (κ2) is 13.3. The standard InChI is InChI=1S/C25H33N5O5/c31-18-21(10-9-19-6-2-1-3-7-19)26-16-22-17-30(11-13-33-22)25-27-14-20(15-28-25)24(32)29-35-23-8-4-5-12-34-23/h1-3,6-7,9-10,14-15,21-23,26,31H,4-5,8,11-13,16-18H2,(H,29,32)/b10-9+. The lowest BCUT2D eigenvalue weighted by Crippen LogP contribution is -2.49. The van der Waals surface area contributed by atoms with Gasteiger partial charge in [-0.25, -0.2) is 20.3 Å². The molecule has 0 aliphatic carbocycles. The molecule has 0 spiro atoms. The number of anilines is 1. The van der Waals surface area contributed by atoms with Crippen LogP contribution in [-0.2, 0) is 14.3 Å². The molecular formula is C25H33N5O5. The highest BCUT2D eigenvalue weighted by molar-refractivity contribution is 5.92. The van der Waals surface area contributed by atoms with E-state index in [1.54, 1.807) is 0 Å². The molecule has 1 aromatic carbocycles. The number of nitrogens with zero attached hydrogens (tertiary/aromatic N) is 3. The van der Waals surface area contributed by atoms with Crippen molar-refractivity contribution in [3.05, 3.63) is 59.9 Å². The van der Waals surface area contributed by atoms with Crippen molar-refractivity contribution in [2.75, 3.05) is 44.4 Å². The molecule has 10 nitrogen and oxygen atoms in total. The molecule has 1 amide bonds. The molecule has 10 heteroatoms. The Bertz CT molecular complexity index is 937. The fraction of sp³-hybridized carbons (Fsp3) is 0.480. The second-order valence-electron chi connectivity index (χ2n) is 8.52. The van der Waals surface area contributed by atoms with Gasteiger partial charge in [0.2, 0.25) is 5.95 Å². The predicted molar refractivity (Wildman–Crippen MR) is 130 cm³/mol. The van der Waals surface area contributed by atoms with Crippen LogP contribution in [0.1, 0.15) is 35.2 Å². The number of aliphatic hydroxyl groups excluding tert-OH is 1. The van der Waals surface area contributed by atoms with Crippen LogP contribution in [0.4, 0.5) is 5.95 Å². The minimum atomic E-state index is -0.411. The lowest BCUT2D eigenvalue weighted by Gasteiger charge is -2.33. The zero-order chi connectivity index (χ0) is 24.3. The Morgan fingerprint density at radius 1 is 1.20 bits per heavy atom. The number of hydrogen-bond acceptors (Lipinski definition) is 9. The number of hydroxylamine groups is 1. The number of benzene rings is 1. The van der Waals surface area contributed by atoms with E-state index < -0.39 is 12.2 Å². The molecule has 2 fully saturated rings. The minimum Gasteiger partial charge on any atom is -0.394 e. The fourth-order valence-electron chi connectivity index (χ4n) is 3.88. The average Bonchev–Trinajstić information content (AvgIpc) is 2.93. The Balaban J connectivity index is 1.24. The molecule has 2 saturated heterocycles. The summed E-state index contributed by atoms with van der Waals surface area (Å²) in [6, 6.07) is 9.78. The summed E-state index contributed by atoms with van der Waals surface area (Å²) in [5, 5.41) is 13.1. The van der Waals surface area contributed by atoms with E-state index in [1.807, 2.05) is 47.4 Å². The van der Waals surface area contributed by atoms with Gasteiger partial charge in [-0.3, -0.25) is 4.79 Å². The van der Waals surface area contributed by atoms with Gasteiger partial charge >= 0.3 is 0 Å². The van der Waals surface area contributed by atoms with Gasteiger partial charge in [-0.15, -0.1) is 0 Å². The molecule has 3 heterocycles. The van der Waals surface area contributed by atoms with Gasteiger partial charge in [0.05, 0.1) is 24.9 Å². The SMILES string of the molecule is O=C(NOC1CCCCO1)c1cnc(N2CCOC(CNC(/C=C/c3ccccc3)CO)C2)nc1. The molecule has 2 aliphatic heterocycles. The van der Waals surface area contributed by atoms with Crippen molar-refractivity contribution in [1.82, 2.24) is 20.8 Å². The maximum atomic E-state index is 12.3. The van der Waals surface area contributed by atoms with Crippen LogP contribution in [0.15, 0.2) is 48.8 Å². The van der Waals surface area contributed by atoms with Gasteiger partial charge in [0.15, 0.2) is 6.29 Å².